The minimum absolute atomic E-state index is 0.531. The number of aryl methyl sites for hydroxylation is 1. The monoisotopic (exact) mass is 233 g/mol. The van der Waals surface area contributed by atoms with Crippen molar-refractivity contribution in [3.05, 3.63) is 17.0 Å². The number of hydrogen-bond donors (Lipinski definition) is 1. The molecule has 0 amide bonds. The molecular formula is C14H23N3. The van der Waals surface area contributed by atoms with Crippen molar-refractivity contribution < 1.29 is 0 Å². The van der Waals surface area contributed by atoms with Crippen LogP contribution in [0.3, 0.4) is 0 Å². The molecule has 1 aliphatic carbocycles. The predicted octanol–water partition coefficient (Wildman–Crippen LogP) is 2.60. The molecule has 1 aromatic heterocycles. The van der Waals surface area contributed by atoms with Gasteiger partial charge in [0.15, 0.2) is 0 Å². The molecule has 1 saturated heterocycles. The van der Waals surface area contributed by atoms with Gasteiger partial charge in [0.25, 0.3) is 0 Å². The zero-order valence-corrected chi connectivity index (χ0v) is 10.8. The first-order valence-electron chi connectivity index (χ1n) is 7.22. The Hall–Kier alpha value is -0.830. The fourth-order valence-electron chi connectivity index (χ4n) is 3.33. The van der Waals surface area contributed by atoms with Crippen LogP contribution in [-0.4, -0.2) is 16.3 Å². The Labute approximate surface area is 104 Å². The first-order valence-corrected chi connectivity index (χ1v) is 7.22. The van der Waals surface area contributed by atoms with Crippen molar-refractivity contribution in [3.8, 4) is 0 Å². The number of rotatable bonds is 2. The molecule has 3 heteroatoms. The van der Waals surface area contributed by atoms with Crippen molar-refractivity contribution >= 4 is 0 Å². The van der Waals surface area contributed by atoms with Crippen LogP contribution in [0, 0.1) is 0 Å². The lowest BCUT2D eigenvalue weighted by Gasteiger charge is -2.23. The zero-order chi connectivity index (χ0) is 11.7. The first-order chi connectivity index (χ1) is 8.40. The first kappa shape index (κ1) is 11.3. The van der Waals surface area contributed by atoms with E-state index >= 15 is 0 Å². The Morgan fingerprint density at radius 3 is 2.88 bits per heavy atom. The molecule has 1 atom stereocenters. The van der Waals surface area contributed by atoms with Crippen molar-refractivity contribution in [3.63, 3.8) is 0 Å². The molecular weight excluding hydrogens is 210 g/mol. The highest BCUT2D eigenvalue weighted by molar-refractivity contribution is 5.31. The highest BCUT2D eigenvalue weighted by Crippen LogP contribution is 2.31. The third-order valence-electron chi connectivity index (χ3n) is 4.23. The second kappa shape index (κ2) is 4.81. The van der Waals surface area contributed by atoms with Gasteiger partial charge in [-0.1, -0.05) is 6.42 Å². The third-order valence-corrected chi connectivity index (χ3v) is 4.23. The summed E-state index contributed by atoms with van der Waals surface area (Å²) in [5.74, 6) is 0. The van der Waals surface area contributed by atoms with Crippen LogP contribution in [0.5, 0.6) is 0 Å². The largest absolute Gasteiger partial charge is 0.309 e. The number of nitrogens with one attached hydrogen (secondary N) is 1. The van der Waals surface area contributed by atoms with Crippen LogP contribution >= 0.6 is 0 Å². The van der Waals surface area contributed by atoms with Gasteiger partial charge >= 0.3 is 0 Å². The predicted molar refractivity (Wildman–Crippen MR) is 69.1 cm³/mol. The third kappa shape index (κ3) is 2.01. The topological polar surface area (TPSA) is 29.9 Å². The van der Waals surface area contributed by atoms with Gasteiger partial charge in [0.05, 0.1) is 11.7 Å². The maximum atomic E-state index is 4.89. The van der Waals surface area contributed by atoms with Gasteiger partial charge in [0, 0.05) is 12.2 Å². The highest BCUT2D eigenvalue weighted by Gasteiger charge is 2.26. The van der Waals surface area contributed by atoms with Gasteiger partial charge in [-0.05, 0) is 57.6 Å². The van der Waals surface area contributed by atoms with Gasteiger partial charge in [0.1, 0.15) is 0 Å². The maximum absolute atomic E-state index is 4.89. The average Bonchev–Trinajstić information content (AvgIpc) is 2.78. The summed E-state index contributed by atoms with van der Waals surface area (Å²) in [7, 11) is 0. The highest BCUT2D eigenvalue weighted by atomic mass is 15.3. The normalized spacial score (nSPS) is 24.6. The van der Waals surface area contributed by atoms with E-state index in [1.54, 1.807) is 5.56 Å². The van der Waals surface area contributed by atoms with Crippen LogP contribution in [0.2, 0.25) is 0 Å². The van der Waals surface area contributed by atoms with Crippen LogP contribution in [0.1, 0.15) is 62.0 Å². The molecule has 1 aliphatic heterocycles. The Kier molecular flexibility index (Phi) is 3.19. The molecule has 3 rings (SSSR count). The van der Waals surface area contributed by atoms with Crippen LogP contribution in [0.4, 0.5) is 0 Å². The molecule has 0 aromatic carbocycles. The zero-order valence-electron chi connectivity index (χ0n) is 10.8. The van der Waals surface area contributed by atoms with E-state index in [1.165, 1.54) is 62.9 Å². The van der Waals surface area contributed by atoms with Gasteiger partial charge < -0.3 is 5.32 Å². The summed E-state index contributed by atoms with van der Waals surface area (Å²) >= 11 is 0. The lowest BCUT2D eigenvalue weighted by molar-refractivity contribution is 0.399. The van der Waals surface area contributed by atoms with Crippen molar-refractivity contribution in [1.82, 2.24) is 15.1 Å². The Morgan fingerprint density at radius 1 is 1.24 bits per heavy atom. The van der Waals surface area contributed by atoms with Gasteiger partial charge in [-0.2, -0.15) is 5.10 Å². The molecule has 17 heavy (non-hydrogen) atoms. The molecule has 1 N–H and O–H groups in total. The van der Waals surface area contributed by atoms with Gasteiger partial charge in [0.2, 0.25) is 0 Å². The molecule has 1 unspecified atom stereocenters. The lowest BCUT2D eigenvalue weighted by Crippen LogP contribution is -2.28. The van der Waals surface area contributed by atoms with E-state index in [9.17, 15) is 0 Å². The van der Waals surface area contributed by atoms with Crippen molar-refractivity contribution in [1.29, 1.82) is 0 Å². The molecule has 0 spiro atoms. The summed E-state index contributed by atoms with van der Waals surface area (Å²) in [6.45, 7) is 4.40. The van der Waals surface area contributed by atoms with E-state index in [1.807, 2.05) is 0 Å². The SMILES string of the molecule is CCn1nc(C2CCCCN2)c2c1CCCC2. The van der Waals surface area contributed by atoms with Crippen molar-refractivity contribution in [2.45, 2.75) is 64.5 Å². The van der Waals surface area contributed by atoms with Crippen molar-refractivity contribution in [2.75, 3.05) is 6.54 Å². The summed E-state index contributed by atoms with van der Waals surface area (Å²) in [5, 5.41) is 8.54. The fraction of sp³-hybridized carbons (Fsp3) is 0.786. The molecule has 1 fully saturated rings. The minimum Gasteiger partial charge on any atom is -0.309 e. The van der Waals surface area contributed by atoms with E-state index in [0.29, 0.717) is 6.04 Å². The van der Waals surface area contributed by atoms with Crippen LogP contribution in [0.15, 0.2) is 0 Å². The molecule has 2 aliphatic rings. The maximum Gasteiger partial charge on any atom is 0.0828 e. The van der Waals surface area contributed by atoms with Crippen molar-refractivity contribution in [2.24, 2.45) is 0 Å². The summed E-state index contributed by atoms with van der Waals surface area (Å²) in [6, 6.07) is 0.531. The standard InChI is InChI=1S/C14H23N3/c1-2-17-13-9-4-3-7-11(13)14(16-17)12-8-5-6-10-15-12/h12,15H,2-10H2,1H3. The number of piperidine rings is 1. The Bertz CT molecular complexity index is 388. The van der Waals surface area contributed by atoms with E-state index in [0.717, 1.165) is 6.54 Å². The van der Waals surface area contributed by atoms with Gasteiger partial charge in [-0.25, -0.2) is 0 Å². The number of aromatic nitrogens is 2. The summed E-state index contributed by atoms with van der Waals surface area (Å²) in [6.07, 6.45) is 9.13. The van der Waals surface area contributed by atoms with E-state index in [2.05, 4.69) is 16.9 Å². The van der Waals surface area contributed by atoms with Crippen LogP contribution in [-0.2, 0) is 19.4 Å². The Morgan fingerprint density at radius 2 is 2.12 bits per heavy atom. The quantitative estimate of drug-likeness (QED) is 0.851. The molecule has 3 nitrogen and oxygen atoms in total. The van der Waals surface area contributed by atoms with E-state index in [4.69, 9.17) is 5.10 Å². The number of fused-ring (bicyclic) bond motifs is 1. The van der Waals surface area contributed by atoms with Crippen LogP contribution < -0.4 is 5.32 Å². The second-order valence-electron chi connectivity index (χ2n) is 5.34. The fourth-order valence-corrected chi connectivity index (χ4v) is 3.33. The smallest absolute Gasteiger partial charge is 0.0828 e. The molecule has 94 valence electrons. The van der Waals surface area contributed by atoms with E-state index < -0.39 is 0 Å². The van der Waals surface area contributed by atoms with Gasteiger partial charge in [-0.15, -0.1) is 0 Å². The summed E-state index contributed by atoms with van der Waals surface area (Å²) < 4.78 is 2.25. The van der Waals surface area contributed by atoms with Gasteiger partial charge in [-0.3, -0.25) is 4.68 Å². The summed E-state index contributed by atoms with van der Waals surface area (Å²) in [4.78, 5) is 0. The van der Waals surface area contributed by atoms with Crippen LogP contribution in [0.25, 0.3) is 0 Å². The molecule has 0 bridgehead atoms. The second-order valence-corrected chi connectivity index (χ2v) is 5.34. The Balaban J connectivity index is 1.95. The molecule has 0 radical (unpaired) electrons. The summed E-state index contributed by atoms with van der Waals surface area (Å²) in [5.41, 5.74) is 4.49. The molecule has 1 aromatic rings. The number of nitrogens with zero attached hydrogens (tertiary/aromatic N) is 2. The average molecular weight is 233 g/mol. The molecule has 0 saturated carbocycles. The number of hydrogen-bond acceptors (Lipinski definition) is 2. The minimum atomic E-state index is 0.531. The lowest BCUT2D eigenvalue weighted by atomic mass is 9.91. The molecule has 2 heterocycles. The van der Waals surface area contributed by atoms with E-state index in [-0.39, 0.29) is 0 Å².